The van der Waals surface area contributed by atoms with E-state index < -0.39 is 0 Å². The summed E-state index contributed by atoms with van der Waals surface area (Å²) in [4.78, 5) is 11.7. The van der Waals surface area contributed by atoms with Gasteiger partial charge in [-0.1, -0.05) is 32.1 Å². The number of ether oxygens (including phenoxy) is 1. The Balaban J connectivity index is 2.39. The van der Waals surface area contributed by atoms with E-state index in [0.717, 1.165) is 18.4 Å². The molecule has 0 heterocycles. The molecule has 0 saturated heterocycles. The molecule has 3 heteroatoms. The van der Waals surface area contributed by atoms with Crippen molar-refractivity contribution in [2.24, 2.45) is 5.92 Å². The summed E-state index contributed by atoms with van der Waals surface area (Å²) in [5.41, 5.74) is 1.10. The lowest BCUT2D eigenvalue weighted by molar-refractivity contribution is -0.146. The monoisotopic (exact) mass is 223 g/mol. The second kappa shape index (κ2) is 6.48. The molecule has 0 aliphatic heterocycles. The van der Waals surface area contributed by atoms with E-state index in [2.05, 4.69) is 17.5 Å². The third-order valence-electron chi connectivity index (χ3n) is 2.68. The van der Waals surface area contributed by atoms with Gasteiger partial charge in [-0.15, -0.1) is 0 Å². The molecule has 0 spiro atoms. The summed E-state index contributed by atoms with van der Waals surface area (Å²) >= 11 is 0. The van der Waals surface area contributed by atoms with Crippen LogP contribution in [0.4, 0.5) is 0 Å². The van der Waals surface area contributed by atoms with Crippen LogP contribution in [0.5, 0.6) is 0 Å². The fourth-order valence-corrected chi connectivity index (χ4v) is 1.74. The first-order valence-corrected chi connectivity index (χ1v) is 5.84. The third-order valence-corrected chi connectivity index (χ3v) is 2.68. The Morgan fingerprint density at radius 2 is 2.25 bits per heavy atom. The Bertz CT molecular complexity index is 292. The second-order valence-electron chi connectivity index (χ2n) is 4.38. The number of hydrogen-bond acceptors (Lipinski definition) is 3. The van der Waals surface area contributed by atoms with Gasteiger partial charge in [0.2, 0.25) is 0 Å². The second-order valence-corrected chi connectivity index (χ2v) is 4.38. The van der Waals surface area contributed by atoms with E-state index >= 15 is 0 Å². The van der Waals surface area contributed by atoms with Gasteiger partial charge in [0.1, 0.15) is 12.6 Å². The number of carbonyl (C=O) groups excluding carboxylic acids is 1. The summed E-state index contributed by atoms with van der Waals surface area (Å²) in [7, 11) is 1.78. The molecule has 0 aromatic carbocycles. The van der Waals surface area contributed by atoms with Gasteiger partial charge >= 0.3 is 5.97 Å². The molecule has 1 rings (SSSR count). The number of esters is 1. The van der Waals surface area contributed by atoms with E-state index in [1.54, 1.807) is 7.05 Å². The molecular weight excluding hydrogens is 202 g/mol. The van der Waals surface area contributed by atoms with Crippen molar-refractivity contribution >= 4 is 5.97 Å². The SMILES string of the molecule is CN[C@H](C(=O)OCC1=CCCC=C1)C(C)C. The number of carbonyl (C=O) groups is 1. The molecule has 1 atom stereocenters. The number of nitrogens with one attached hydrogen (secondary N) is 1. The predicted octanol–water partition coefficient (Wildman–Crippen LogP) is 2.05. The first-order valence-electron chi connectivity index (χ1n) is 5.84. The van der Waals surface area contributed by atoms with Gasteiger partial charge in [0.25, 0.3) is 0 Å². The Morgan fingerprint density at radius 3 is 2.75 bits per heavy atom. The van der Waals surface area contributed by atoms with Crippen molar-refractivity contribution in [2.45, 2.75) is 32.7 Å². The Hall–Kier alpha value is -1.09. The van der Waals surface area contributed by atoms with Crippen molar-refractivity contribution in [2.75, 3.05) is 13.7 Å². The lowest BCUT2D eigenvalue weighted by atomic mass is 10.1. The van der Waals surface area contributed by atoms with Crippen molar-refractivity contribution in [1.82, 2.24) is 5.32 Å². The number of likely N-dealkylation sites (N-methyl/N-ethyl adjacent to an activating group) is 1. The molecule has 0 radical (unpaired) electrons. The van der Waals surface area contributed by atoms with Gasteiger partial charge in [0.05, 0.1) is 0 Å². The molecule has 1 N–H and O–H groups in total. The van der Waals surface area contributed by atoms with Crippen molar-refractivity contribution < 1.29 is 9.53 Å². The van der Waals surface area contributed by atoms with Crippen LogP contribution in [0.15, 0.2) is 23.8 Å². The van der Waals surface area contributed by atoms with Crippen LogP contribution in [-0.4, -0.2) is 25.7 Å². The highest BCUT2D eigenvalue weighted by Gasteiger charge is 2.21. The number of rotatable bonds is 5. The standard InChI is InChI=1S/C13H21NO2/c1-10(2)12(14-3)13(15)16-9-11-7-5-4-6-8-11/h5,7-8,10,12,14H,4,6,9H2,1-3H3/t12-/m0/s1. The minimum Gasteiger partial charge on any atom is -0.460 e. The first kappa shape index (κ1) is 13.0. The molecule has 0 unspecified atom stereocenters. The molecular formula is C13H21NO2. The Kier molecular flexibility index (Phi) is 5.26. The van der Waals surface area contributed by atoms with Crippen LogP contribution in [0.1, 0.15) is 26.7 Å². The van der Waals surface area contributed by atoms with E-state index in [1.807, 2.05) is 19.9 Å². The van der Waals surface area contributed by atoms with Gasteiger partial charge in [-0.05, 0) is 31.4 Å². The smallest absolute Gasteiger partial charge is 0.323 e. The molecule has 16 heavy (non-hydrogen) atoms. The van der Waals surface area contributed by atoms with Crippen molar-refractivity contribution in [3.8, 4) is 0 Å². The summed E-state index contributed by atoms with van der Waals surface area (Å²) < 4.78 is 5.27. The van der Waals surface area contributed by atoms with Crippen LogP contribution in [0.2, 0.25) is 0 Å². The molecule has 0 aromatic heterocycles. The van der Waals surface area contributed by atoms with E-state index in [1.165, 1.54) is 0 Å². The normalized spacial score (nSPS) is 17.1. The molecule has 90 valence electrons. The van der Waals surface area contributed by atoms with E-state index in [-0.39, 0.29) is 17.9 Å². The van der Waals surface area contributed by atoms with E-state index in [4.69, 9.17) is 4.74 Å². The lowest BCUT2D eigenvalue weighted by Gasteiger charge is -2.19. The average molecular weight is 223 g/mol. The van der Waals surface area contributed by atoms with E-state index in [9.17, 15) is 4.79 Å². The maximum atomic E-state index is 11.7. The summed E-state index contributed by atoms with van der Waals surface area (Å²) in [5, 5.41) is 2.98. The summed E-state index contributed by atoms with van der Waals surface area (Å²) in [5.74, 6) is 0.0748. The largest absolute Gasteiger partial charge is 0.460 e. The van der Waals surface area contributed by atoms with Crippen LogP contribution < -0.4 is 5.32 Å². The number of hydrogen-bond donors (Lipinski definition) is 1. The maximum Gasteiger partial charge on any atom is 0.323 e. The molecule has 1 aliphatic rings. The van der Waals surface area contributed by atoms with Gasteiger partial charge in [-0.3, -0.25) is 4.79 Å². The maximum absolute atomic E-state index is 11.7. The van der Waals surface area contributed by atoms with E-state index in [0.29, 0.717) is 6.61 Å². The van der Waals surface area contributed by atoms with Crippen molar-refractivity contribution in [1.29, 1.82) is 0 Å². The predicted molar refractivity (Wildman–Crippen MR) is 65.1 cm³/mol. The minimum atomic E-state index is -0.215. The molecule has 0 fully saturated rings. The highest BCUT2D eigenvalue weighted by atomic mass is 16.5. The molecule has 0 saturated carbocycles. The fraction of sp³-hybridized carbons (Fsp3) is 0.615. The minimum absolute atomic E-state index is 0.169. The Labute approximate surface area is 97.6 Å². The Morgan fingerprint density at radius 1 is 1.50 bits per heavy atom. The lowest BCUT2D eigenvalue weighted by Crippen LogP contribution is -2.40. The first-order chi connectivity index (χ1) is 7.65. The quantitative estimate of drug-likeness (QED) is 0.725. The van der Waals surface area contributed by atoms with Crippen LogP contribution in [0.3, 0.4) is 0 Å². The third kappa shape index (κ3) is 3.81. The molecule has 0 bridgehead atoms. The molecule has 1 aliphatic carbocycles. The van der Waals surface area contributed by atoms with Gasteiger partial charge in [0, 0.05) is 0 Å². The fourth-order valence-electron chi connectivity index (χ4n) is 1.74. The van der Waals surface area contributed by atoms with Gasteiger partial charge in [-0.25, -0.2) is 0 Å². The number of allylic oxidation sites excluding steroid dienone is 2. The summed E-state index contributed by atoms with van der Waals surface area (Å²) in [6.45, 7) is 4.39. The molecule has 3 nitrogen and oxygen atoms in total. The van der Waals surface area contributed by atoms with Gasteiger partial charge in [-0.2, -0.15) is 0 Å². The van der Waals surface area contributed by atoms with Crippen molar-refractivity contribution in [3.05, 3.63) is 23.8 Å². The zero-order valence-corrected chi connectivity index (χ0v) is 10.3. The summed E-state index contributed by atoms with van der Waals surface area (Å²) in [6.07, 6.45) is 8.39. The van der Waals surface area contributed by atoms with Gasteiger partial charge in [0.15, 0.2) is 0 Å². The van der Waals surface area contributed by atoms with Gasteiger partial charge < -0.3 is 10.1 Å². The topological polar surface area (TPSA) is 38.3 Å². The van der Waals surface area contributed by atoms with Crippen LogP contribution in [0, 0.1) is 5.92 Å². The molecule has 0 amide bonds. The highest BCUT2D eigenvalue weighted by molar-refractivity contribution is 5.76. The van der Waals surface area contributed by atoms with Crippen molar-refractivity contribution in [3.63, 3.8) is 0 Å². The van der Waals surface area contributed by atoms with Crippen LogP contribution >= 0.6 is 0 Å². The zero-order chi connectivity index (χ0) is 12.0. The van der Waals surface area contributed by atoms with Crippen LogP contribution in [0.25, 0.3) is 0 Å². The molecule has 0 aromatic rings. The average Bonchev–Trinajstić information content (AvgIpc) is 2.28. The highest BCUT2D eigenvalue weighted by Crippen LogP contribution is 2.11. The zero-order valence-electron chi connectivity index (χ0n) is 10.3. The van der Waals surface area contributed by atoms with Crippen LogP contribution in [-0.2, 0) is 9.53 Å². The summed E-state index contributed by atoms with van der Waals surface area (Å²) in [6, 6.07) is -0.215.